The maximum absolute atomic E-state index is 13.3. The molecule has 0 aromatic heterocycles. The molecular weight excluding hydrogens is 856 g/mol. The van der Waals surface area contributed by atoms with Crippen LogP contribution in [0.25, 0.3) is 0 Å². The average Bonchev–Trinajstić information content (AvgIpc) is 2.77. The molecule has 0 bridgehead atoms. The third-order valence-electron chi connectivity index (χ3n) is 4.27. The Hall–Kier alpha value is -1.16. The minimum atomic E-state index is -0.999. The quantitative estimate of drug-likeness (QED) is 0.188. The Morgan fingerprint density at radius 3 is 1.81 bits per heavy atom. The van der Waals surface area contributed by atoms with Crippen molar-refractivity contribution < 1.29 is 47.7 Å². The van der Waals surface area contributed by atoms with E-state index >= 15 is 0 Å². The number of halogens is 4. The molecule has 0 aliphatic rings. The average molecular weight is 879 g/mol. The standard InChI is InChI=1S/C21H22ClI3N2O10/c1-9(28)36-6-11(37-10(2)29)5-26-21(33)15-16(23)14(20(22)32)17(24)19(18(15)25)27(12(30)7-34-3)13(31)8-35-4/h11H,5-8H2,1-4H3,(H,26,33). The molecule has 0 heterocycles. The van der Waals surface area contributed by atoms with Crippen molar-refractivity contribution in [3.8, 4) is 0 Å². The molecular formula is C21H22ClI3N2O10. The molecule has 1 rings (SSSR count). The maximum Gasteiger partial charge on any atom is 0.303 e. The van der Waals surface area contributed by atoms with Crippen LogP contribution < -0.4 is 10.2 Å². The van der Waals surface area contributed by atoms with Crippen molar-refractivity contribution in [1.29, 1.82) is 0 Å². The number of anilines is 1. The summed E-state index contributed by atoms with van der Waals surface area (Å²) < 4.78 is 20.2. The van der Waals surface area contributed by atoms with Gasteiger partial charge in [-0.2, -0.15) is 0 Å². The lowest BCUT2D eigenvalue weighted by molar-refractivity contribution is -0.155. The number of carbonyl (C=O) groups excluding carboxylic acids is 6. The summed E-state index contributed by atoms with van der Waals surface area (Å²) in [5, 5.41) is 1.63. The maximum atomic E-state index is 13.3. The highest BCUT2D eigenvalue weighted by Gasteiger charge is 2.34. The van der Waals surface area contributed by atoms with Crippen LogP contribution in [0.5, 0.6) is 0 Å². The van der Waals surface area contributed by atoms with Crippen LogP contribution in [-0.4, -0.2) is 81.6 Å². The number of hydrogen-bond donors (Lipinski definition) is 1. The second kappa shape index (κ2) is 16.1. The number of hydrogen-bond acceptors (Lipinski definition) is 10. The van der Waals surface area contributed by atoms with E-state index in [1.165, 1.54) is 21.1 Å². The Kier molecular flexibility index (Phi) is 14.7. The zero-order chi connectivity index (χ0) is 28.4. The minimum Gasteiger partial charge on any atom is -0.462 e. The van der Waals surface area contributed by atoms with Crippen molar-refractivity contribution in [3.05, 3.63) is 21.8 Å². The van der Waals surface area contributed by atoms with Gasteiger partial charge in [0, 0.05) is 31.6 Å². The molecule has 0 fully saturated rings. The summed E-state index contributed by atoms with van der Waals surface area (Å²) in [5.74, 6) is -3.54. The molecule has 0 saturated heterocycles. The van der Waals surface area contributed by atoms with Crippen molar-refractivity contribution in [3.63, 3.8) is 0 Å². The monoisotopic (exact) mass is 878 g/mol. The molecule has 0 saturated carbocycles. The largest absolute Gasteiger partial charge is 0.462 e. The summed E-state index contributed by atoms with van der Waals surface area (Å²) in [6, 6.07) is 0. The first-order chi connectivity index (χ1) is 17.3. The number of imide groups is 1. The molecule has 37 heavy (non-hydrogen) atoms. The third kappa shape index (κ3) is 9.52. The van der Waals surface area contributed by atoms with Gasteiger partial charge in [-0.15, -0.1) is 0 Å². The summed E-state index contributed by atoms with van der Waals surface area (Å²) in [6.45, 7) is 0.823. The summed E-state index contributed by atoms with van der Waals surface area (Å²) in [5.41, 5.74) is -0.202. The molecule has 0 aliphatic carbocycles. The number of esters is 2. The first-order valence-electron chi connectivity index (χ1n) is 10.1. The van der Waals surface area contributed by atoms with Crippen LogP contribution in [0.2, 0.25) is 0 Å². The highest BCUT2D eigenvalue weighted by Crippen LogP contribution is 2.39. The van der Waals surface area contributed by atoms with Gasteiger partial charge in [0.2, 0.25) is 0 Å². The van der Waals surface area contributed by atoms with Crippen molar-refractivity contribution in [2.75, 3.05) is 45.5 Å². The van der Waals surface area contributed by atoms with Crippen LogP contribution in [0.1, 0.15) is 34.6 Å². The predicted molar refractivity (Wildman–Crippen MR) is 156 cm³/mol. The third-order valence-corrected chi connectivity index (χ3v) is 7.64. The van der Waals surface area contributed by atoms with Gasteiger partial charge in [-0.25, -0.2) is 4.90 Å². The number of carbonyl (C=O) groups is 6. The van der Waals surface area contributed by atoms with Gasteiger partial charge < -0.3 is 24.3 Å². The van der Waals surface area contributed by atoms with Gasteiger partial charge in [0.1, 0.15) is 19.8 Å². The fourth-order valence-corrected chi connectivity index (χ4v) is 7.99. The van der Waals surface area contributed by atoms with E-state index in [2.05, 4.69) is 5.32 Å². The van der Waals surface area contributed by atoms with Gasteiger partial charge in [0.15, 0.2) is 6.10 Å². The predicted octanol–water partition coefficient (Wildman–Crippen LogP) is 2.26. The summed E-state index contributed by atoms with van der Waals surface area (Å²) in [6.07, 6.45) is -0.999. The van der Waals surface area contributed by atoms with E-state index in [0.29, 0.717) is 0 Å². The van der Waals surface area contributed by atoms with Gasteiger partial charge in [-0.1, -0.05) is 0 Å². The molecule has 1 N–H and O–H groups in total. The SMILES string of the molecule is COCC(=O)N(C(=O)COC)c1c(I)c(C(=O)Cl)c(I)c(C(=O)NCC(COC(C)=O)OC(C)=O)c1I. The van der Waals surface area contributed by atoms with E-state index in [4.69, 9.17) is 30.5 Å². The topological polar surface area (TPSA) is 155 Å². The normalized spacial score (nSPS) is 11.4. The zero-order valence-electron chi connectivity index (χ0n) is 19.9. The molecule has 0 radical (unpaired) electrons. The molecule has 1 aromatic rings. The number of ether oxygens (including phenoxy) is 4. The van der Waals surface area contributed by atoms with Crippen LogP contribution in [-0.2, 0) is 38.1 Å². The fraction of sp³-hybridized carbons (Fsp3) is 0.429. The second-order valence-corrected chi connectivity index (χ2v) is 10.6. The summed E-state index contributed by atoms with van der Waals surface area (Å²) in [7, 11) is 2.53. The number of benzene rings is 1. The van der Waals surface area contributed by atoms with Crippen molar-refractivity contribution >= 4 is 120 Å². The van der Waals surface area contributed by atoms with Crippen LogP contribution in [0.15, 0.2) is 0 Å². The van der Waals surface area contributed by atoms with Gasteiger partial charge in [0.25, 0.3) is 23.0 Å². The lowest BCUT2D eigenvalue weighted by atomic mass is 10.1. The molecule has 16 heteroatoms. The van der Waals surface area contributed by atoms with Crippen molar-refractivity contribution in [2.45, 2.75) is 20.0 Å². The van der Waals surface area contributed by atoms with E-state index in [9.17, 15) is 28.8 Å². The van der Waals surface area contributed by atoms with Gasteiger partial charge in [-0.3, -0.25) is 28.8 Å². The minimum absolute atomic E-state index is 0.0451. The number of amides is 3. The highest BCUT2D eigenvalue weighted by atomic mass is 127. The van der Waals surface area contributed by atoms with Crippen LogP contribution in [0.3, 0.4) is 0 Å². The first kappa shape index (κ1) is 33.9. The molecule has 1 aromatic carbocycles. The van der Waals surface area contributed by atoms with Crippen molar-refractivity contribution in [2.24, 2.45) is 0 Å². The van der Waals surface area contributed by atoms with E-state index in [-0.39, 0.29) is 40.7 Å². The summed E-state index contributed by atoms with van der Waals surface area (Å²) >= 11 is 11.1. The number of nitrogens with one attached hydrogen (secondary N) is 1. The van der Waals surface area contributed by atoms with E-state index in [1.807, 2.05) is 0 Å². The Labute approximate surface area is 258 Å². The van der Waals surface area contributed by atoms with Crippen LogP contribution >= 0.6 is 79.4 Å². The zero-order valence-corrected chi connectivity index (χ0v) is 27.2. The first-order valence-corrected chi connectivity index (χ1v) is 13.7. The second-order valence-electron chi connectivity index (χ2n) is 7.05. The van der Waals surface area contributed by atoms with E-state index in [0.717, 1.165) is 11.8 Å². The molecule has 204 valence electrons. The molecule has 0 aliphatic heterocycles. The lowest BCUT2D eigenvalue weighted by Crippen LogP contribution is -2.43. The van der Waals surface area contributed by atoms with Crippen LogP contribution in [0.4, 0.5) is 5.69 Å². The lowest BCUT2D eigenvalue weighted by Gasteiger charge is -2.26. The van der Waals surface area contributed by atoms with Crippen LogP contribution in [0, 0.1) is 10.7 Å². The Morgan fingerprint density at radius 1 is 0.865 bits per heavy atom. The molecule has 1 unspecified atom stereocenters. The number of rotatable bonds is 12. The smallest absolute Gasteiger partial charge is 0.303 e. The summed E-state index contributed by atoms with van der Waals surface area (Å²) in [4.78, 5) is 74.7. The Morgan fingerprint density at radius 2 is 1.38 bits per heavy atom. The Balaban J connectivity index is 3.64. The molecule has 12 nitrogen and oxygen atoms in total. The van der Waals surface area contributed by atoms with Crippen molar-refractivity contribution in [1.82, 2.24) is 5.32 Å². The van der Waals surface area contributed by atoms with Gasteiger partial charge in [0.05, 0.1) is 30.5 Å². The van der Waals surface area contributed by atoms with Gasteiger partial charge >= 0.3 is 11.9 Å². The number of nitrogens with zero attached hydrogens (tertiary/aromatic N) is 1. The van der Waals surface area contributed by atoms with Gasteiger partial charge in [-0.05, 0) is 79.4 Å². The fourth-order valence-electron chi connectivity index (χ4n) is 2.86. The van der Waals surface area contributed by atoms with E-state index < -0.39 is 54.2 Å². The molecule has 1 atom stereocenters. The number of methoxy groups -OCH3 is 2. The molecule has 0 spiro atoms. The van der Waals surface area contributed by atoms with E-state index in [1.54, 1.807) is 67.8 Å². The Bertz CT molecular complexity index is 1080. The molecule has 3 amide bonds. The highest BCUT2D eigenvalue weighted by molar-refractivity contribution is 14.1.